The van der Waals surface area contributed by atoms with Crippen molar-refractivity contribution in [2.24, 2.45) is 0 Å². The lowest BCUT2D eigenvalue weighted by molar-refractivity contribution is -0.136. The monoisotopic (exact) mass is 570 g/mol. The van der Waals surface area contributed by atoms with Crippen LogP contribution in [0.25, 0.3) is 11.1 Å². The Morgan fingerprint density at radius 2 is 1.75 bits per heavy atom. The molecule has 0 radical (unpaired) electrons. The Labute approximate surface area is 238 Å². The molecule has 2 fully saturated rings. The van der Waals surface area contributed by atoms with Crippen molar-refractivity contribution in [2.75, 3.05) is 30.7 Å². The number of carboxylic acids is 1. The van der Waals surface area contributed by atoms with E-state index in [0.717, 1.165) is 48.9 Å². The van der Waals surface area contributed by atoms with Crippen LogP contribution in [0.5, 0.6) is 0 Å². The molecule has 8 nitrogen and oxygen atoms in total. The lowest BCUT2D eigenvalue weighted by Gasteiger charge is -2.33. The second kappa shape index (κ2) is 14.8. The van der Waals surface area contributed by atoms with Gasteiger partial charge in [0.1, 0.15) is 0 Å². The number of ether oxygens (including phenoxy) is 2. The number of benzene rings is 2. The number of nitrogens with one attached hydrogen (secondary N) is 1. The van der Waals surface area contributed by atoms with Gasteiger partial charge in [0.15, 0.2) is 0 Å². The van der Waals surface area contributed by atoms with E-state index in [0.29, 0.717) is 31.4 Å². The van der Waals surface area contributed by atoms with Crippen LogP contribution in [0, 0.1) is 0 Å². The molecule has 2 aliphatic rings. The summed E-state index contributed by atoms with van der Waals surface area (Å²) in [6, 6.07) is 15.9. The predicted octanol–water partition coefficient (Wildman–Crippen LogP) is 5.45. The fourth-order valence-electron chi connectivity index (χ4n) is 5.66. The summed E-state index contributed by atoms with van der Waals surface area (Å²) in [7, 11) is -3.33. The highest BCUT2D eigenvalue weighted by molar-refractivity contribution is 7.92. The van der Waals surface area contributed by atoms with Gasteiger partial charge < -0.3 is 14.6 Å². The van der Waals surface area contributed by atoms with Crippen molar-refractivity contribution < 1.29 is 27.8 Å². The van der Waals surface area contributed by atoms with Crippen molar-refractivity contribution in [3.8, 4) is 11.1 Å². The average Bonchev–Trinajstić information content (AvgIpc) is 3.11. The zero-order chi connectivity index (χ0) is 28.4. The summed E-state index contributed by atoms with van der Waals surface area (Å²) in [5.74, 6) is -0.790. The van der Waals surface area contributed by atoms with Crippen LogP contribution in [0.2, 0.25) is 0 Å². The summed E-state index contributed by atoms with van der Waals surface area (Å²) in [4.78, 5) is 13.4. The molecule has 0 aromatic heterocycles. The molecule has 1 aliphatic heterocycles. The minimum Gasteiger partial charge on any atom is -0.481 e. The van der Waals surface area contributed by atoms with Gasteiger partial charge in [-0.1, -0.05) is 61.4 Å². The van der Waals surface area contributed by atoms with Crippen molar-refractivity contribution >= 4 is 21.7 Å². The topological polar surface area (TPSA) is 105 Å². The fourth-order valence-corrected chi connectivity index (χ4v) is 6.21. The van der Waals surface area contributed by atoms with E-state index in [1.807, 2.05) is 54.6 Å². The number of anilines is 1. The van der Waals surface area contributed by atoms with Crippen LogP contribution in [0.4, 0.5) is 5.69 Å². The van der Waals surface area contributed by atoms with Gasteiger partial charge in [-0.2, -0.15) is 0 Å². The van der Waals surface area contributed by atoms with Crippen LogP contribution in [0.3, 0.4) is 0 Å². The molecule has 1 aliphatic carbocycles. The molecule has 0 amide bonds. The molecule has 4 rings (SSSR count). The number of hydrogen-bond donors (Lipinski definition) is 2. The Kier molecular flexibility index (Phi) is 11.2. The lowest BCUT2D eigenvalue weighted by Crippen LogP contribution is -2.45. The maximum Gasteiger partial charge on any atom is 0.303 e. The highest BCUT2D eigenvalue weighted by Crippen LogP contribution is 2.32. The Morgan fingerprint density at radius 1 is 1.00 bits per heavy atom. The quantitative estimate of drug-likeness (QED) is 0.308. The molecule has 0 bridgehead atoms. The van der Waals surface area contributed by atoms with E-state index in [1.165, 1.54) is 25.7 Å². The largest absolute Gasteiger partial charge is 0.481 e. The van der Waals surface area contributed by atoms with Gasteiger partial charge in [0.25, 0.3) is 0 Å². The Bertz CT molecular complexity index is 1220. The maximum absolute atomic E-state index is 11.6. The molecule has 9 heteroatoms. The van der Waals surface area contributed by atoms with Gasteiger partial charge in [-0.15, -0.1) is 0 Å². The van der Waals surface area contributed by atoms with Crippen LogP contribution < -0.4 is 4.72 Å². The molecule has 1 heterocycles. The normalized spacial score (nSPS) is 22.4. The first kappa shape index (κ1) is 30.2. The molecule has 3 atom stereocenters. The van der Waals surface area contributed by atoms with Crippen molar-refractivity contribution in [3.05, 3.63) is 66.2 Å². The minimum absolute atomic E-state index is 0.000835. The molecule has 2 N–H and O–H groups in total. The van der Waals surface area contributed by atoms with E-state index in [1.54, 1.807) is 6.07 Å². The molecule has 1 saturated heterocycles. The smallest absolute Gasteiger partial charge is 0.303 e. The van der Waals surface area contributed by atoms with Crippen molar-refractivity contribution in [2.45, 2.75) is 76.2 Å². The number of aliphatic carboxylic acids is 1. The van der Waals surface area contributed by atoms with Crippen LogP contribution in [-0.2, 0) is 30.9 Å². The second-order valence-electron chi connectivity index (χ2n) is 10.8. The summed E-state index contributed by atoms with van der Waals surface area (Å²) in [6.45, 7) is 3.15. The summed E-state index contributed by atoms with van der Waals surface area (Å²) in [6.07, 6.45) is 12.6. The minimum atomic E-state index is -3.33. The Morgan fingerprint density at radius 3 is 2.45 bits per heavy atom. The molecule has 40 heavy (non-hydrogen) atoms. The van der Waals surface area contributed by atoms with Crippen LogP contribution in [0.15, 0.2) is 60.7 Å². The second-order valence-corrected chi connectivity index (χ2v) is 12.5. The fraction of sp³-hybridized carbons (Fsp3) is 0.516. The molecule has 0 unspecified atom stereocenters. The van der Waals surface area contributed by atoms with Gasteiger partial charge in [-0.05, 0) is 74.0 Å². The molecule has 1 saturated carbocycles. The number of likely N-dealkylation sites (tertiary alicyclic amines) is 1. The third-order valence-electron chi connectivity index (χ3n) is 7.60. The van der Waals surface area contributed by atoms with E-state index >= 15 is 0 Å². The third-order valence-corrected chi connectivity index (χ3v) is 8.20. The van der Waals surface area contributed by atoms with Gasteiger partial charge >= 0.3 is 5.97 Å². The lowest BCUT2D eigenvalue weighted by atomic mass is 10.0. The third kappa shape index (κ3) is 9.44. The van der Waals surface area contributed by atoms with Crippen molar-refractivity contribution in [1.82, 2.24) is 4.90 Å². The van der Waals surface area contributed by atoms with Crippen molar-refractivity contribution in [1.29, 1.82) is 0 Å². The van der Waals surface area contributed by atoms with Crippen LogP contribution >= 0.6 is 0 Å². The van der Waals surface area contributed by atoms with Gasteiger partial charge in [0, 0.05) is 18.2 Å². The first-order valence-corrected chi connectivity index (χ1v) is 16.2. The van der Waals surface area contributed by atoms with E-state index < -0.39 is 16.0 Å². The molecular weight excluding hydrogens is 528 g/mol. The first-order chi connectivity index (χ1) is 19.3. The number of carboxylic acid groups (broad SMARTS) is 1. The maximum atomic E-state index is 11.6. The van der Waals surface area contributed by atoms with Crippen LogP contribution in [-0.4, -0.2) is 68.6 Å². The highest BCUT2D eigenvalue weighted by atomic mass is 32.2. The van der Waals surface area contributed by atoms with E-state index in [-0.39, 0.29) is 18.6 Å². The molecule has 2 aromatic carbocycles. The zero-order valence-electron chi connectivity index (χ0n) is 23.3. The van der Waals surface area contributed by atoms with E-state index in [9.17, 15) is 13.2 Å². The molecule has 218 valence electrons. The average molecular weight is 571 g/mol. The number of sulfonamides is 1. The summed E-state index contributed by atoms with van der Waals surface area (Å²) < 4.78 is 38.5. The van der Waals surface area contributed by atoms with E-state index in [4.69, 9.17) is 14.6 Å². The Hall–Kier alpha value is -2.72. The summed E-state index contributed by atoms with van der Waals surface area (Å²) in [5, 5.41) is 8.84. The van der Waals surface area contributed by atoms with Gasteiger partial charge in [0.05, 0.1) is 31.7 Å². The standard InChI is InChI=1S/C31H42N2O6S/c1-40(36,37)32-27-11-9-10-26(22-27)25-15-13-24(14-16-25)23-39-29-18-17-28(33-19-6-2-3-7-20-33)31(29)38-21-8-4-5-12-30(34)35/h4,8-11,13-16,22,28-29,31-32H,2-3,5-7,12,17-21,23H2,1H3,(H,34,35)/b8-4-/t28-,29+,31+/m0/s1. The number of allylic oxidation sites excluding steroid dienone is 1. The molecule has 0 spiro atoms. The molecular formula is C31H42N2O6S. The Balaban J connectivity index is 1.37. The number of rotatable bonds is 13. The van der Waals surface area contributed by atoms with E-state index in [2.05, 4.69) is 9.62 Å². The number of nitrogens with zero attached hydrogens (tertiary/aromatic N) is 1. The van der Waals surface area contributed by atoms with Gasteiger partial charge in [0.2, 0.25) is 10.0 Å². The van der Waals surface area contributed by atoms with Gasteiger partial charge in [-0.25, -0.2) is 8.42 Å². The van der Waals surface area contributed by atoms with Crippen LogP contribution in [0.1, 0.15) is 56.9 Å². The SMILES string of the molecule is CS(=O)(=O)Nc1cccc(-c2ccc(CO[C@@H]3CC[C@H](N4CCCCCC4)[C@H]3OC/C=C\CCC(=O)O)cc2)c1. The highest BCUT2D eigenvalue weighted by Gasteiger charge is 2.40. The zero-order valence-corrected chi connectivity index (χ0v) is 24.2. The number of carbonyl (C=O) groups is 1. The predicted molar refractivity (Wildman–Crippen MR) is 158 cm³/mol. The number of hydrogen-bond acceptors (Lipinski definition) is 6. The first-order valence-electron chi connectivity index (χ1n) is 14.3. The summed E-state index contributed by atoms with van der Waals surface area (Å²) in [5.41, 5.74) is 3.54. The molecule has 2 aromatic rings. The van der Waals surface area contributed by atoms with Gasteiger partial charge in [-0.3, -0.25) is 14.4 Å². The van der Waals surface area contributed by atoms with Crippen molar-refractivity contribution in [3.63, 3.8) is 0 Å². The summed E-state index contributed by atoms with van der Waals surface area (Å²) >= 11 is 0.